The van der Waals surface area contributed by atoms with Crippen molar-refractivity contribution in [3.05, 3.63) is 59.9 Å². The summed E-state index contributed by atoms with van der Waals surface area (Å²) in [6.07, 6.45) is 0. The largest absolute Gasteiger partial charge is 0.496 e. The molecule has 0 saturated carbocycles. The van der Waals surface area contributed by atoms with E-state index in [1.165, 1.54) is 0 Å². The maximum absolute atomic E-state index is 12.2. The highest BCUT2D eigenvalue weighted by Crippen LogP contribution is 2.17. The standard InChI is InChI=1S/C16H15N3O2/c1-21-14-9-5-2-6-11(14)16(20)17-10-15-18-12-7-3-4-8-13(12)19-15/h2-9H,10H2,1H3,(H,17,20)(H,18,19). The van der Waals surface area contributed by atoms with Crippen molar-refractivity contribution in [1.29, 1.82) is 0 Å². The number of aromatic amines is 1. The number of fused-ring (bicyclic) bond motifs is 1. The van der Waals surface area contributed by atoms with E-state index in [-0.39, 0.29) is 5.91 Å². The van der Waals surface area contributed by atoms with Crippen LogP contribution in [0.2, 0.25) is 0 Å². The van der Waals surface area contributed by atoms with E-state index in [4.69, 9.17) is 4.74 Å². The van der Waals surface area contributed by atoms with Gasteiger partial charge < -0.3 is 15.0 Å². The summed E-state index contributed by atoms with van der Waals surface area (Å²) in [5.74, 6) is 1.09. The molecule has 0 radical (unpaired) electrons. The monoisotopic (exact) mass is 281 g/mol. The topological polar surface area (TPSA) is 67.0 Å². The van der Waals surface area contributed by atoms with E-state index in [0.29, 0.717) is 17.9 Å². The zero-order chi connectivity index (χ0) is 14.7. The average molecular weight is 281 g/mol. The van der Waals surface area contributed by atoms with Gasteiger partial charge in [0.05, 0.1) is 30.3 Å². The Morgan fingerprint density at radius 2 is 1.95 bits per heavy atom. The first kappa shape index (κ1) is 13.2. The lowest BCUT2D eigenvalue weighted by molar-refractivity contribution is 0.0947. The summed E-state index contributed by atoms with van der Waals surface area (Å²) in [5.41, 5.74) is 2.36. The predicted molar refractivity (Wildman–Crippen MR) is 80.3 cm³/mol. The van der Waals surface area contributed by atoms with Crippen molar-refractivity contribution in [2.75, 3.05) is 7.11 Å². The highest BCUT2D eigenvalue weighted by atomic mass is 16.5. The van der Waals surface area contributed by atoms with Crippen molar-refractivity contribution < 1.29 is 9.53 Å². The minimum atomic E-state index is -0.187. The van der Waals surface area contributed by atoms with Crippen LogP contribution < -0.4 is 10.1 Å². The van der Waals surface area contributed by atoms with Crippen LogP contribution in [-0.4, -0.2) is 23.0 Å². The second-order valence-electron chi connectivity index (χ2n) is 4.58. The lowest BCUT2D eigenvalue weighted by Crippen LogP contribution is -2.23. The number of rotatable bonds is 4. The molecule has 106 valence electrons. The van der Waals surface area contributed by atoms with Crippen LogP contribution in [0.1, 0.15) is 16.2 Å². The summed E-state index contributed by atoms with van der Waals surface area (Å²) < 4.78 is 5.18. The number of H-pyrrole nitrogens is 1. The van der Waals surface area contributed by atoms with Crippen LogP contribution in [0.3, 0.4) is 0 Å². The number of para-hydroxylation sites is 3. The number of carbonyl (C=O) groups is 1. The molecule has 0 atom stereocenters. The Morgan fingerprint density at radius 3 is 2.76 bits per heavy atom. The molecule has 0 unspecified atom stereocenters. The number of aromatic nitrogens is 2. The van der Waals surface area contributed by atoms with Gasteiger partial charge in [-0.1, -0.05) is 24.3 Å². The summed E-state index contributed by atoms with van der Waals surface area (Å²) in [6.45, 7) is 0.339. The van der Waals surface area contributed by atoms with Crippen LogP contribution in [0.25, 0.3) is 11.0 Å². The van der Waals surface area contributed by atoms with Gasteiger partial charge in [0, 0.05) is 0 Å². The Bertz CT molecular complexity index is 747. The summed E-state index contributed by atoms with van der Waals surface area (Å²) in [5, 5.41) is 2.84. The summed E-state index contributed by atoms with van der Waals surface area (Å²) in [4.78, 5) is 19.8. The number of carbonyl (C=O) groups excluding carboxylic acids is 1. The number of hydrogen-bond donors (Lipinski definition) is 2. The van der Waals surface area contributed by atoms with E-state index >= 15 is 0 Å². The average Bonchev–Trinajstić information content (AvgIpc) is 2.95. The summed E-state index contributed by atoms with van der Waals surface area (Å²) >= 11 is 0. The van der Waals surface area contributed by atoms with Gasteiger partial charge in [0.25, 0.3) is 5.91 Å². The van der Waals surface area contributed by atoms with Gasteiger partial charge in [-0.2, -0.15) is 0 Å². The number of benzene rings is 2. The SMILES string of the molecule is COc1ccccc1C(=O)NCc1nc2ccccc2[nH]1. The molecular formula is C16H15N3O2. The van der Waals surface area contributed by atoms with Gasteiger partial charge in [0.1, 0.15) is 11.6 Å². The Morgan fingerprint density at radius 1 is 1.19 bits per heavy atom. The third kappa shape index (κ3) is 2.72. The van der Waals surface area contributed by atoms with Gasteiger partial charge >= 0.3 is 0 Å². The van der Waals surface area contributed by atoms with E-state index in [1.54, 1.807) is 25.3 Å². The van der Waals surface area contributed by atoms with Crippen molar-refractivity contribution >= 4 is 16.9 Å². The number of methoxy groups -OCH3 is 1. The van der Waals surface area contributed by atoms with Gasteiger partial charge in [-0.3, -0.25) is 4.79 Å². The molecule has 5 heteroatoms. The third-order valence-corrected chi connectivity index (χ3v) is 3.21. The Balaban J connectivity index is 1.73. The van der Waals surface area contributed by atoms with Gasteiger partial charge in [0.2, 0.25) is 0 Å². The molecule has 1 aromatic heterocycles. The molecule has 0 aliphatic carbocycles. The highest BCUT2D eigenvalue weighted by molar-refractivity contribution is 5.96. The zero-order valence-electron chi connectivity index (χ0n) is 11.6. The second-order valence-corrected chi connectivity index (χ2v) is 4.58. The van der Waals surface area contributed by atoms with E-state index in [1.807, 2.05) is 30.3 Å². The minimum Gasteiger partial charge on any atom is -0.496 e. The second kappa shape index (κ2) is 5.66. The van der Waals surface area contributed by atoms with Crippen LogP contribution in [0, 0.1) is 0 Å². The number of amides is 1. The van der Waals surface area contributed by atoms with Crippen molar-refractivity contribution in [2.45, 2.75) is 6.54 Å². The Hall–Kier alpha value is -2.82. The van der Waals surface area contributed by atoms with Gasteiger partial charge in [-0.15, -0.1) is 0 Å². The van der Waals surface area contributed by atoms with Gasteiger partial charge in [-0.05, 0) is 24.3 Å². The molecule has 0 spiro atoms. The molecule has 21 heavy (non-hydrogen) atoms. The van der Waals surface area contributed by atoms with Crippen LogP contribution in [-0.2, 0) is 6.54 Å². The molecule has 0 aliphatic heterocycles. The van der Waals surface area contributed by atoms with E-state index < -0.39 is 0 Å². The molecule has 0 aliphatic rings. The lowest BCUT2D eigenvalue weighted by atomic mass is 10.2. The predicted octanol–water partition coefficient (Wildman–Crippen LogP) is 2.50. The molecule has 5 nitrogen and oxygen atoms in total. The molecule has 2 aromatic carbocycles. The van der Waals surface area contributed by atoms with Crippen LogP contribution in [0.4, 0.5) is 0 Å². The van der Waals surface area contributed by atoms with Crippen LogP contribution in [0.5, 0.6) is 5.75 Å². The number of nitrogens with one attached hydrogen (secondary N) is 2. The van der Waals surface area contributed by atoms with Crippen LogP contribution >= 0.6 is 0 Å². The Kier molecular flexibility index (Phi) is 3.55. The maximum Gasteiger partial charge on any atom is 0.255 e. The maximum atomic E-state index is 12.2. The molecule has 0 bridgehead atoms. The lowest BCUT2D eigenvalue weighted by Gasteiger charge is -2.07. The Labute approximate surface area is 122 Å². The highest BCUT2D eigenvalue weighted by Gasteiger charge is 2.11. The van der Waals surface area contributed by atoms with E-state index in [9.17, 15) is 4.79 Å². The smallest absolute Gasteiger partial charge is 0.255 e. The summed E-state index contributed by atoms with van der Waals surface area (Å²) in [6, 6.07) is 14.9. The minimum absolute atomic E-state index is 0.187. The first-order valence-corrected chi connectivity index (χ1v) is 6.63. The fourth-order valence-corrected chi connectivity index (χ4v) is 2.18. The first-order chi connectivity index (χ1) is 10.3. The van der Waals surface area contributed by atoms with Crippen molar-refractivity contribution in [2.24, 2.45) is 0 Å². The first-order valence-electron chi connectivity index (χ1n) is 6.63. The molecular weight excluding hydrogens is 266 g/mol. The molecule has 0 fully saturated rings. The van der Waals surface area contributed by atoms with E-state index in [2.05, 4.69) is 15.3 Å². The number of nitrogens with zero attached hydrogens (tertiary/aromatic N) is 1. The third-order valence-electron chi connectivity index (χ3n) is 3.21. The molecule has 3 aromatic rings. The van der Waals surface area contributed by atoms with Gasteiger partial charge in [-0.25, -0.2) is 4.98 Å². The molecule has 0 saturated heterocycles. The fraction of sp³-hybridized carbons (Fsp3) is 0.125. The van der Waals surface area contributed by atoms with Crippen molar-refractivity contribution in [3.8, 4) is 5.75 Å². The number of ether oxygens (including phenoxy) is 1. The van der Waals surface area contributed by atoms with E-state index in [0.717, 1.165) is 16.9 Å². The molecule has 2 N–H and O–H groups in total. The normalized spacial score (nSPS) is 10.5. The van der Waals surface area contributed by atoms with Crippen molar-refractivity contribution in [3.63, 3.8) is 0 Å². The quantitative estimate of drug-likeness (QED) is 0.772. The fourth-order valence-electron chi connectivity index (χ4n) is 2.18. The molecule has 1 amide bonds. The summed E-state index contributed by atoms with van der Waals surface area (Å²) in [7, 11) is 1.55. The molecule has 1 heterocycles. The molecule has 3 rings (SSSR count). The number of hydrogen-bond acceptors (Lipinski definition) is 3. The zero-order valence-corrected chi connectivity index (χ0v) is 11.6. The van der Waals surface area contributed by atoms with Crippen molar-refractivity contribution in [1.82, 2.24) is 15.3 Å². The van der Waals surface area contributed by atoms with Gasteiger partial charge in [0.15, 0.2) is 0 Å². The number of imidazole rings is 1. The van der Waals surface area contributed by atoms with Crippen LogP contribution in [0.15, 0.2) is 48.5 Å².